The molecule has 0 aliphatic heterocycles. The molecule has 3 nitrogen and oxygen atoms in total. The van der Waals surface area contributed by atoms with Crippen LogP contribution >= 0.6 is 0 Å². The molecule has 6 aromatic carbocycles. The minimum Gasteiger partial charge on any atom is -0.310 e. The lowest BCUT2D eigenvalue weighted by atomic mass is 9.96. The lowest BCUT2D eigenvalue weighted by Gasteiger charge is -2.25. The molecule has 1 atom stereocenters. The van der Waals surface area contributed by atoms with Crippen LogP contribution in [-0.4, -0.2) is 4.57 Å². The number of aromatic nitrogens is 2. The van der Waals surface area contributed by atoms with Gasteiger partial charge in [0.2, 0.25) is 6.04 Å². The predicted octanol–water partition coefficient (Wildman–Crippen LogP) is 10.2. The Morgan fingerprint density at radius 3 is 1.56 bits per heavy atom. The smallest absolute Gasteiger partial charge is 0.208 e. The maximum absolute atomic E-state index is 2.40. The van der Waals surface area contributed by atoms with Gasteiger partial charge in [-0.3, -0.25) is 0 Å². The molecule has 2 aromatic heterocycles. The van der Waals surface area contributed by atoms with Gasteiger partial charge in [0.25, 0.3) is 0 Å². The van der Waals surface area contributed by atoms with Crippen LogP contribution in [0.1, 0.15) is 17.2 Å². The summed E-state index contributed by atoms with van der Waals surface area (Å²) in [4.78, 5) is 2.33. The normalized spacial score (nSPS) is 11.9. The third kappa shape index (κ3) is 4.95. The summed E-state index contributed by atoms with van der Waals surface area (Å²) in [6.45, 7) is 0. The first-order valence-corrected chi connectivity index (χ1v) is 15.4. The van der Waals surface area contributed by atoms with Gasteiger partial charge < -0.3 is 9.47 Å². The van der Waals surface area contributed by atoms with Crippen LogP contribution in [0.15, 0.2) is 188 Å². The molecule has 8 rings (SSSR count). The summed E-state index contributed by atoms with van der Waals surface area (Å²) in [5, 5.41) is 2.45. The first-order valence-electron chi connectivity index (χ1n) is 15.4. The van der Waals surface area contributed by atoms with Crippen LogP contribution in [0, 0.1) is 0 Å². The van der Waals surface area contributed by atoms with Crippen LogP contribution in [-0.2, 0) is 0 Å². The lowest BCUT2D eigenvalue weighted by molar-refractivity contribution is -0.704. The summed E-state index contributed by atoms with van der Waals surface area (Å²) in [5.74, 6) is 0. The van der Waals surface area contributed by atoms with Crippen molar-refractivity contribution in [3.05, 3.63) is 199 Å². The fourth-order valence-corrected chi connectivity index (χ4v) is 6.55. The van der Waals surface area contributed by atoms with E-state index < -0.39 is 0 Å². The molecule has 0 saturated carbocycles. The van der Waals surface area contributed by atoms with E-state index in [1.165, 1.54) is 32.9 Å². The Labute approximate surface area is 263 Å². The number of para-hydroxylation sites is 3. The Balaban J connectivity index is 1.39. The summed E-state index contributed by atoms with van der Waals surface area (Å²) in [7, 11) is 0. The molecule has 2 heterocycles. The molecular formula is C42H32N3+. The van der Waals surface area contributed by atoms with Crippen molar-refractivity contribution in [2.24, 2.45) is 0 Å². The van der Waals surface area contributed by atoms with Crippen molar-refractivity contribution in [3.63, 3.8) is 0 Å². The van der Waals surface area contributed by atoms with Crippen molar-refractivity contribution < 1.29 is 4.57 Å². The number of hydrogen-bond donors (Lipinski definition) is 0. The number of hydrogen-bond acceptors (Lipinski definition) is 1. The quantitative estimate of drug-likeness (QED) is 0.171. The molecule has 45 heavy (non-hydrogen) atoms. The fourth-order valence-electron chi connectivity index (χ4n) is 6.55. The summed E-state index contributed by atoms with van der Waals surface area (Å²) in [6, 6.07) is 62.8. The molecule has 0 bridgehead atoms. The molecule has 0 spiro atoms. The number of benzene rings is 6. The molecule has 0 aliphatic rings. The number of anilines is 3. The number of nitrogens with zero attached hydrogens (tertiary/aromatic N) is 3. The Kier molecular flexibility index (Phi) is 6.89. The summed E-state index contributed by atoms with van der Waals surface area (Å²) in [5.41, 5.74) is 9.38. The fraction of sp³-hybridized carbons (Fsp3) is 0.0238. The van der Waals surface area contributed by atoms with E-state index in [1.54, 1.807) is 0 Å². The molecule has 214 valence electrons. The van der Waals surface area contributed by atoms with Gasteiger partial charge in [0, 0.05) is 56.8 Å². The second-order valence-corrected chi connectivity index (χ2v) is 11.3. The molecule has 0 radical (unpaired) electrons. The van der Waals surface area contributed by atoms with Crippen molar-refractivity contribution in [3.8, 4) is 5.69 Å². The van der Waals surface area contributed by atoms with Crippen LogP contribution in [0.5, 0.6) is 0 Å². The lowest BCUT2D eigenvalue weighted by Crippen LogP contribution is -2.39. The topological polar surface area (TPSA) is 12.1 Å². The highest BCUT2D eigenvalue weighted by Crippen LogP contribution is 2.40. The van der Waals surface area contributed by atoms with Gasteiger partial charge in [-0.1, -0.05) is 91.0 Å². The largest absolute Gasteiger partial charge is 0.310 e. The van der Waals surface area contributed by atoms with Gasteiger partial charge in [0.05, 0.1) is 11.0 Å². The number of pyridine rings is 1. The maximum atomic E-state index is 2.40. The molecular weight excluding hydrogens is 546 g/mol. The van der Waals surface area contributed by atoms with Gasteiger partial charge in [-0.25, -0.2) is 0 Å². The molecule has 8 aromatic rings. The highest BCUT2D eigenvalue weighted by molar-refractivity contribution is 6.11. The first-order chi connectivity index (χ1) is 22.3. The predicted molar refractivity (Wildman–Crippen MR) is 186 cm³/mol. The molecule has 0 fully saturated rings. The Hall–Kier alpha value is -5.93. The van der Waals surface area contributed by atoms with E-state index in [2.05, 4.69) is 202 Å². The highest BCUT2D eigenvalue weighted by Gasteiger charge is 2.25. The number of fused-ring (bicyclic) bond motifs is 3. The van der Waals surface area contributed by atoms with Gasteiger partial charge in [-0.15, -0.1) is 0 Å². The number of rotatable bonds is 7. The van der Waals surface area contributed by atoms with Crippen molar-refractivity contribution in [2.75, 3.05) is 4.90 Å². The second-order valence-electron chi connectivity index (χ2n) is 11.3. The van der Waals surface area contributed by atoms with Crippen molar-refractivity contribution in [1.29, 1.82) is 0 Å². The third-order valence-electron chi connectivity index (χ3n) is 8.54. The van der Waals surface area contributed by atoms with Gasteiger partial charge in [-0.05, 0) is 72.8 Å². The van der Waals surface area contributed by atoms with E-state index in [4.69, 9.17) is 0 Å². The molecule has 0 amide bonds. The second kappa shape index (κ2) is 11.6. The zero-order valence-corrected chi connectivity index (χ0v) is 24.8. The minimum absolute atomic E-state index is 0.0419. The standard InChI is InChI=1S/C42H32N3/c1-6-16-32(17-7-1)42(43-28-14-5-15-29-43)33-24-26-40-38(30-33)39-31-37(25-27-41(39)45(40)36-22-12-4-13-23-36)44(34-18-8-2-9-19-34)35-20-10-3-11-21-35/h1-31,42H/q+1. The molecule has 0 N–H and O–H groups in total. The van der Waals surface area contributed by atoms with Crippen molar-refractivity contribution >= 4 is 38.9 Å². The van der Waals surface area contributed by atoms with E-state index in [-0.39, 0.29) is 6.04 Å². The van der Waals surface area contributed by atoms with E-state index in [0.29, 0.717) is 0 Å². The van der Waals surface area contributed by atoms with Gasteiger partial charge in [-0.2, -0.15) is 4.57 Å². The average molecular weight is 579 g/mol. The zero-order valence-electron chi connectivity index (χ0n) is 24.8. The SMILES string of the molecule is c1ccc(C(c2ccc3c(c2)c2cc(N(c4ccccc4)c4ccccc4)ccc2n3-c2ccccc2)[n+]2ccccc2)cc1. The molecule has 3 heteroatoms. The van der Waals surface area contributed by atoms with Gasteiger partial charge in [0.1, 0.15) is 0 Å². The average Bonchev–Trinajstić information content (AvgIpc) is 3.44. The summed E-state index contributed by atoms with van der Waals surface area (Å²) < 4.78 is 4.69. The molecule has 1 unspecified atom stereocenters. The van der Waals surface area contributed by atoms with E-state index >= 15 is 0 Å². The van der Waals surface area contributed by atoms with E-state index in [1.807, 2.05) is 0 Å². The summed E-state index contributed by atoms with van der Waals surface area (Å²) >= 11 is 0. The van der Waals surface area contributed by atoms with Crippen LogP contribution in [0.3, 0.4) is 0 Å². The van der Waals surface area contributed by atoms with Crippen molar-refractivity contribution in [1.82, 2.24) is 4.57 Å². The zero-order chi connectivity index (χ0) is 30.0. The van der Waals surface area contributed by atoms with Crippen LogP contribution in [0.2, 0.25) is 0 Å². The van der Waals surface area contributed by atoms with Gasteiger partial charge >= 0.3 is 0 Å². The Morgan fingerprint density at radius 2 is 0.933 bits per heavy atom. The molecule has 0 aliphatic carbocycles. The van der Waals surface area contributed by atoms with Crippen LogP contribution < -0.4 is 9.47 Å². The Bertz CT molecular complexity index is 1970. The van der Waals surface area contributed by atoms with E-state index in [9.17, 15) is 0 Å². The minimum atomic E-state index is 0.0419. The first kappa shape index (κ1) is 26.7. The third-order valence-corrected chi connectivity index (χ3v) is 8.54. The van der Waals surface area contributed by atoms with Crippen LogP contribution in [0.4, 0.5) is 17.1 Å². The van der Waals surface area contributed by atoms with Gasteiger partial charge in [0.15, 0.2) is 12.4 Å². The molecule has 0 saturated heterocycles. The van der Waals surface area contributed by atoms with Crippen LogP contribution in [0.25, 0.3) is 27.5 Å². The van der Waals surface area contributed by atoms with Crippen molar-refractivity contribution in [2.45, 2.75) is 6.04 Å². The Morgan fingerprint density at radius 1 is 0.422 bits per heavy atom. The highest BCUT2D eigenvalue weighted by atomic mass is 15.1. The van der Waals surface area contributed by atoms with E-state index in [0.717, 1.165) is 22.7 Å². The maximum Gasteiger partial charge on any atom is 0.208 e. The summed E-state index contributed by atoms with van der Waals surface area (Å²) in [6.07, 6.45) is 4.32. The monoisotopic (exact) mass is 578 g/mol.